The smallest absolute Gasteiger partial charge is 0.342 e. The van der Waals surface area contributed by atoms with Crippen molar-refractivity contribution in [1.82, 2.24) is 0 Å². The van der Waals surface area contributed by atoms with Gasteiger partial charge in [-0.25, -0.2) is 13.2 Å². The summed E-state index contributed by atoms with van der Waals surface area (Å²) < 4.78 is 37.2. The number of esters is 1. The van der Waals surface area contributed by atoms with E-state index in [1.807, 2.05) is 30.3 Å². The van der Waals surface area contributed by atoms with Crippen LogP contribution in [0.25, 0.3) is 22.3 Å². The van der Waals surface area contributed by atoms with Gasteiger partial charge >= 0.3 is 5.97 Å². The number of fused-ring (bicyclic) bond motifs is 1. The predicted octanol–water partition coefficient (Wildman–Crippen LogP) is 4.04. The lowest BCUT2D eigenvalue weighted by Gasteiger charge is -2.06. The molecule has 6 nitrogen and oxygen atoms in total. The molecule has 3 rings (SSSR count). The van der Waals surface area contributed by atoms with E-state index in [-0.39, 0.29) is 17.9 Å². The van der Waals surface area contributed by atoms with Crippen molar-refractivity contribution in [3.05, 3.63) is 54.1 Å². The van der Waals surface area contributed by atoms with Gasteiger partial charge in [-0.3, -0.25) is 4.72 Å². The molecule has 1 heterocycles. The van der Waals surface area contributed by atoms with Crippen LogP contribution >= 0.6 is 0 Å². The van der Waals surface area contributed by atoms with Gasteiger partial charge in [0.05, 0.1) is 12.4 Å². The van der Waals surface area contributed by atoms with E-state index in [1.165, 1.54) is 0 Å². The number of anilines is 1. The standard InChI is InChI=1S/C19H19NO5S/c1-3-24-19(21)17-15-12-14(20-26(22,23)4-2)10-11-16(15)25-18(17)13-8-6-5-7-9-13/h5-12,20H,3-4H2,1-2H3. The Morgan fingerprint density at radius 1 is 1.12 bits per heavy atom. The Kier molecular flexibility index (Phi) is 4.99. The molecule has 0 aliphatic heterocycles. The molecule has 1 aromatic heterocycles. The molecule has 0 aliphatic rings. The van der Waals surface area contributed by atoms with Crippen LogP contribution in [0.5, 0.6) is 0 Å². The van der Waals surface area contributed by atoms with Crippen LogP contribution < -0.4 is 4.72 Å². The van der Waals surface area contributed by atoms with E-state index in [1.54, 1.807) is 32.0 Å². The minimum absolute atomic E-state index is 0.0452. The molecule has 0 saturated heterocycles. The fraction of sp³-hybridized carbons (Fsp3) is 0.211. The number of carbonyl (C=O) groups excluding carboxylic acids is 1. The molecule has 3 aromatic rings. The molecule has 136 valence electrons. The normalized spacial score (nSPS) is 11.5. The number of rotatable bonds is 6. The molecular formula is C19H19NO5S. The average molecular weight is 373 g/mol. The monoisotopic (exact) mass is 373 g/mol. The van der Waals surface area contributed by atoms with Gasteiger partial charge in [-0.15, -0.1) is 0 Å². The molecule has 0 radical (unpaired) electrons. The molecule has 0 amide bonds. The first-order valence-corrected chi connectivity index (χ1v) is 9.90. The highest BCUT2D eigenvalue weighted by Crippen LogP contribution is 2.35. The molecule has 26 heavy (non-hydrogen) atoms. The zero-order chi connectivity index (χ0) is 18.7. The van der Waals surface area contributed by atoms with Crippen molar-refractivity contribution >= 4 is 32.6 Å². The summed E-state index contributed by atoms with van der Waals surface area (Å²) in [6.07, 6.45) is 0. The topological polar surface area (TPSA) is 85.6 Å². The number of carbonyl (C=O) groups is 1. The van der Waals surface area contributed by atoms with Crippen molar-refractivity contribution < 1.29 is 22.4 Å². The second-order valence-corrected chi connectivity index (χ2v) is 7.62. The van der Waals surface area contributed by atoms with Crippen LogP contribution in [0.2, 0.25) is 0 Å². The molecule has 0 fully saturated rings. The highest BCUT2D eigenvalue weighted by atomic mass is 32.2. The largest absolute Gasteiger partial charge is 0.462 e. The van der Waals surface area contributed by atoms with E-state index in [2.05, 4.69) is 4.72 Å². The molecule has 0 saturated carbocycles. The lowest BCUT2D eigenvalue weighted by atomic mass is 10.1. The summed E-state index contributed by atoms with van der Waals surface area (Å²) in [7, 11) is -3.43. The number of furan rings is 1. The van der Waals surface area contributed by atoms with Gasteiger partial charge < -0.3 is 9.15 Å². The molecular weight excluding hydrogens is 354 g/mol. The maximum Gasteiger partial charge on any atom is 0.342 e. The third-order valence-electron chi connectivity index (χ3n) is 3.86. The summed E-state index contributed by atoms with van der Waals surface area (Å²) in [4.78, 5) is 12.5. The van der Waals surface area contributed by atoms with Gasteiger partial charge in [-0.05, 0) is 32.0 Å². The van der Waals surface area contributed by atoms with Gasteiger partial charge in [0.15, 0.2) is 0 Å². The number of nitrogens with one attached hydrogen (secondary N) is 1. The Morgan fingerprint density at radius 2 is 1.85 bits per heavy atom. The summed E-state index contributed by atoms with van der Waals surface area (Å²) in [6, 6.07) is 14.1. The van der Waals surface area contributed by atoms with Crippen molar-refractivity contribution in [2.24, 2.45) is 0 Å². The first-order chi connectivity index (χ1) is 12.4. The maximum atomic E-state index is 12.5. The van der Waals surface area contributed by atoms with Gasteiger partial charge in [-0.1, -0.05) is 30.3 Å². The minimum atomic E-state index is -3.43. The van der Waals surface area contributed by atoms with Crippen molar-refractivity contribution in [2.75, 3.05) is 17.1 Å². The summed E-state index contributed by atoms with van der Waals surface area (Å²) >= 11 is 0. The number of sulfonamides is 1. The van der Waals surface area contributed by atoms with Gasteiger partial charge in [0, 0.05) is 16.6 Å². The van der Waals surface area contributed by atoms with Crippen LogP contribution in [-0.2, 0) is 14.8 Å². The predicted molar refractivity (Wildman–Crippen MR) is 101 cm³/mol. The highest BCUT2D eigenvalue weighted by Gasteiger charge is 2.23. The molecule has 0 unspecified atom stereocenters. The Morgan fingerprint density at radius 3 is 2.50 bits per heavy atom. The second kappa shape index (κ2) is 7.21. The molecule has 0 aliphatic carbocycles. The Bertz CT molecular complexity index is 1040. The fourth-order valence-corrected chi connectivity index (χ4v) is 3.24. The fourth-order valence-electron chi connectivity index (χ4n) is 2.61. The molecule has 7 heteroatoms. The van der Waals surface area contributed by atoms with Crippen molar-refractivity contribution in [3.63, 3.8) is 0 Å². The lowest BCUT2D eigenvalue weighted by molar-refractivity contribution is 0.0528. The summed E-state index contributed by atoms with van der Waals surface area (Å²) in [5.74, 6) is -0.161. The average Bonchev–Trinajstić information content (AvgIpc) is 3.01. The van der Waals surface area contributed by atoms with Crippen molar-refractivity contribution in [2.45, 2.75) is 13.8 Å². The highest BCUT2D eigenvalue weighted by molar-refractivity contribution is 7.92. The first kappa shape index (κ1) is 18.0. The van der Waals surface area contributed by atoms with E-state index in [9.17, 15) is 13.2 Å². The first-order valence-electron chi connectivity index (χ1n) is 8.24. The SMILES string of the molecule is CCOC(=O)c1c(-c2ccccc2)oc2ccc(NS(=O)(=O)CC)cc12. The van der Waals surface area contributed by atoms with E-state index in [4.69, 9.17) is 9.15 Å². The third kappa shape index (κ3) is 3.57. The maximum absolute atomic E-state index is 12.5. The number of hydrogen-bond acceptors (Lipinski definition) is 5. The van der Waals surface area contributed by atoms with Crippen LogP contribution in [-0.4, -0.2) is 26.7 Å². The van der Waals surface area contributed by atoms with Crippen LogP contribution in [0.15, 0.2) is 52.9 Å². The van der Waals surface area contributed by atoms with Crippen LogP contribution in [0, 0.1) is 0 Å². The quantitative estimate of drug-likeness (QED) is 0.659. The van der Waals surface area contributed by atoms with Crippen LogP contribution in [0.1, 0.15) is 24.2 Å². The number of ether oxygens (including phenoxy) is 1. The molecule has 0 atom stereocenters. The van der Waals surface area contributed by atoms with Crippen molar-refractivity contribution in [3.8, 4) is 11.3 Å². The van der Waals surface area contributed by atoms with Gasteiger partial charge in [0.1, 0.15) is 16.9 Å². The van der Waals surface area contributed by atoms with Gasteiger partial charge in [0.2, 0.25) is 10.0 Å². The summed E-state index contributed by atoms with van der Waals surface area (Å²) in [5.41, 5.74) is 1.87. The van der Waals surface area contributed by atoms with E-state index in [0.29, 0.717) is 22.4 Å². The molecule has 1 N–H and O–H groups in total. The zero-order valence-corrected chi connectivity index (χ0v) is 15.3. The summed E-state index contributed by atoms with van der Waals surface area (Å²) in [6.45, 7) is 3.50. The Balaban J connectivity index is 2.19. The summed E-state index contributed by atoms with van der Waals surface area (Å²) in [5, 5.41) is 0.499. The van der Waals surface area contributed by atoms with Crippen LogP contribution in [0.4, 0.5) is 5.69 Å². The van der Waals surface area contributed by atoms with Crippen LogP contribution in [0.3, 0.4) is 0 Å². The Hall–Kier alpha value is -2.80. The van der Waals surface area contributed by atoms with Crippen molar-refractivity contribution in [1.29, 1.82) is 0 Å². The lowest BCUT2D eigenvalue weighted by Crippen LogP contribution is -2.14. The number of benzene rings is 2. The van der Waals surface area contributed by atoms with E-state index < -0.39 is 16.0 Å². The molecule has 0 bridgehead atoms. The second-order valence-electron chi connectivity index (χ2n) is 5.61. The molecule has 0 spiro atoms. The van der Waals surface area contributed by atoms with E-state index >= 15 is 0 Å². The van der Waals surface area contributed by atoms with Gasteiger partial charge in [0.25, 0.3) is 0 Å². The van der Waals surface area contributed by atoms with E-state index in [0.717, 1.165) is 5.56 Å². The molecule has 2 aromatic carbocycles. The van der Waals surface area contributed by atoms with Gasteiger partial charge in [-0.2, -0.15) is 0 Å². The zero-order valence-electron chi connectivity index (χ0n) is 14.5. The third-order valence-corrected chi connectivity index (χ3v) is 5.16. The Labute approximate surface area is 151 Å². The minimum Gasteiger partial charge on any atom is -0.462 e. The number of hydrogen-bond donors (Lipinski definition) is 1.